The molecule has 2 heterocycles. The number of primary amides is 1. The van der Waals surface area contributed by atoms with Crippen LogP contribution in [0, 0.1) is 0 Å². The summed E-state index contributed by atoms with van der Waals surface area (Å²) < 4.78 is 1.19. The molecule has 1 aliphatic rings. The quantitative estimate of drug-likeness (QED) is 0.610. The van der Waals surface area contributed by atoms with Crippen LogP contribution in [0.4, 0.5) is 0 Å². The van der Waals surface area contributed by atoms with Crippen molar-refractivity contribution in [1.29, 1.82) is 0 Å². The normalized spacial score (nSPS) is 12.7. The fraction of sp³-hybridized carbons (Fsp3) is 0.263. The van der Waals surface area contributed by atoms with Crippen LogP contribution in [0.3, 0.4) is 0 Å². The monoisotopic (exact) mass is 386 g/mol. The van der Waals surface area contributed by atoms with Crippen LogP contribution in [0.25, 0.3) is 21.8 Å². The van der Waals surface area contributed by atoms with Gasteiger partial charge >= 0.3 is 0 Å². The Kier molecular flexibility index (Phi) is 4.67. The highest BCUT2D eigenvalue weighted by Crippen LogP contribution is 2.48. The van der Waals surface area contributed by atoms with E-state index < -0.39 is 0 Å². The van der Waals surface area contributed by atoms with Gasteiger partial charge in [-0.3, -0.25) is 4.79 Å². The first-order valence-electron chi connectivity index (χ1n) is 8.32. The molecule has 0 saturated carbocycles. The zero-order valence-electron chi connectivity index (χ0n) is 13.9. The highest BCUT2D eigenvalue weighted by molar-refractivity contribution is 8.01. The fourth-order valence-electron chi connectivity index (χ4n) is 3.07. The van der Waals surface area contributed by atoms with E-state index in [-0.39, 0.29) is 5.91 Å². The van der Waals surface area contributed by atoms with Crippen LogP contribution in [-0.4, -0.2) is 16.6 Å². The number of nitrogens with zero attached hydrogens (tertiary/aromatic N) is 1. The van der Waals surface area contributed by atoms with Gasteiger partial charge in [0.2, 0.25) is 0 Å². The van der Waals surface area contributed by atoms with Crippen molar-refractivity contribution >= 4 is 40.3 Å². The predicted octanol–water partition coefficient (Wildman–Crippen LogP) is 5.24. The van der Waals surface area contributed by atoms with Crippen LogP contribution in [0.2, 0.25) is 0 Å². The Morgan fingerprint density at radius 1 is 1.24 bits per heavy atom. The summed E-state index contributed by atoms with van der Waals surface area (Å²) in [6.07, 6.45) is 2.91. The lowest BCUT2D eigenvalue weighted by Crippen LogP contribution is -2.13. The van der Waals surface area contributed by atoms with Gasteiger partial charge in [-0.25, -0.2) is 4.98 Å². The van der Waals surface area contributed by atoms with Gasteiger partial charge in [0.15, 0.2) is 0 Å². The van der Waals surface area contributed by atoms with Crippen LogP contribution < -0.4 is 5.73 Å². The van der Waals surface area contributed by atoms with E-state index in [1.54, 1.807) is 22.7 Å². The van der Waals surface area contributed by atoms with Gasteiger partial charge in [0.25, 0.3) is 5.91 Å². The molecule has 1 aromatic carbocycles. The molecule has 1 amide bonds. The number of fused-ring (bicyclic) bond motifs is 3. The van der Waals surface area contributed by atoms with Crippen molar-refractivity contribution in [3.8, 4) is 21.8 Å². The number of thiophene rings is 1. The maximum absolute atomic E-state index is 11.9. The number of nitrogens with two attached hydrogens (primary N) is 1. The third-order valence-corrected chi connectivity index (χ3v) is 8.08. The number of benzene rings is 1. The summed E-state index contributed by atoms with van der Waals surface area (Å²) in [7, 11) is 0. The molecule has 0 aliphatic heterocycles. The second kappa shape index (κ2) is 6.94. The molecule has 0 bridgehead atoms. The Balaban J connectivity index is 1.85. The van der Waals surface area contributed by atoms with Gasteiger partial charge in [0.1, 0.15) is 5.01 Å². The molecule has 25 heavy (non-hydrogen) atoms. The number of carbonyl (C=O) groups is 1. The third kappa shape index (κ3) is 3.03. The van der Waals surface area contributed by atoms with Crippen molar-refractivity contribution in [3.63, 3.8) is 0 Å². The van der Waals surface area contributed by atoms with E-state index in [0.717, 1.165) is 52.4 Å². The number of aryl methyl sites for hydroxylation is 1. The number of thiazole rings is 1. The summed E-state index contributed by atoms with van der Waals surface area (Å²) in [4.78, 5) is 18.9. The molecular formula is C19H18N2OS3. The summed E-state index contributed by atoms with van der Waals surface area (Å²) in [5, 5.41) is 1.05. The summed E-state index contributed by atoms with van der Waals surface area (Å²) in [6.45, 7) is 2.17. The van der Waals surface area contributed by atoms with Gasteiger partial charge in [0.05, 0.1) is 14.8 Å². The van der Waals surface area contributed by atoms with E-state index in [1.807, 2.05) is 30.0 Å². The van der Waals surface area contributed by atoms with E-state index in [2.05, 4.69) is 19.1 Å². The number of thioether (sulfide) groups is 1. The highest BCUT2D eigenvalue weighted by atomic mass is 32.2. The van der Waals surface area contributed by atoms with E-state index in [0.29, 0.717) is 4.88 Å². The topological polar surface area (TPSA) is 56.0 Å². The smallest absolute Gasteiger partial charge is 0.259 e. The molecule has 3 aromatic rings. The summed E-state index contributed by atoms with van der Waals surface area (Å²) in [6, 6.07) is 10.3. The molecule has 0 fully saturated rings. The number of hydrogen-bond acceptors (Lipinski definition) is 5. The zero-order chi connectivity index (χ0) is 17.4. The van der Waals surface area contributed by atoms with Crippen molar-refractivity contribution in [2.45, 2.75) is 30.4 Å². The highest BCUT2D eigenvalue weighted by Gasteiger charge is 2.30. The van der Waals surface area contributed by atoms with Crippen molar-refractivity contribution in [1.82, 2.24) is 4.98 Å². The number of hydrogen-bond donors (Lipinski definition) is 1. The molecule has 3 nitrogen and oxygen atoms in total. The van der Waals surface area contributed by atoms with E-state index in [9.17, 15) is 4.79 Å². The molecule has 128 valence electrons. The second-order valence-electron chi connectivity index (χ2n) is 5.94. The maximum atomic E-state index is 11.9. The number of carbonyl (C=O) groups excluding carboxylic acids is 1. The molecule has 2 N–H and O–H groups in total. The van der Waals surface area contributed by atoms with E-state index in [1.165, 1.54) is 9.09 Å². The molecule has 4 rings (SSSR count). The van der Waals surface area contributed by atoms with E-state index in [4.69, 9.17) is 10.7 Å². The van der Waals surface area contributed by atoms with Crippen molar-refractivity contribution in [2.75, 3.05) is 5.75 Å². The van der Waals surface area contributed by atoms with Crippen molar-refractivity contribution < 1.29 is 4.79 Å². The molecule has 0 unspecified atom stereocenters. The lowest BCUT2D eigenvalue weighted by Gasteiger charge is -2.13. The Morgan fingerprint density at radius 2 is 2.04 bits per heavy atom. The SMILES string of the molecule is CCCSc1sc(C(N)=O)c2c1-c1nc(-c3ccccc3)sc1CC2. The van der Waals surface area contributed by atoms with Crippen LogP contribution >= 0.6 is 34.4 Å². The maximum Gasteiger partial charge on any atom is 0.259 e. The second-order valence-corrected chi connectivity index (χ2v) is 9.41. The molecule has 0 radical (unpaired) electrons. The summed E-state index contributed by atoms with van der Waals surface area (Å²) in [5.41, 5.74) is 10.1. The molecule has 6 heteroatoms. The Bertz CT molecular complexity index is 928. The van der Waals surface area contributed by atoms with Crippen LogP contribution in [0.15, 0.2) is 34.5 Å². The number of rotatable bonds is 5. The Labute approximate surface area is 159 Å². The van der Waals surface area contributed by atoms with Crippen LogP contribution in [-0.2, 0) is 12.8 Å². The van der Waals surface area contributed by atoms with Gasteiger partial charge < -0.3 is 5.73 Å². The predicted molar refractivity (Wildman–Crippen MR) is 108 cm³/mol. The molecule has 0 saturated heterocycles. The fourth-order valence-corrected chi connectivity index (χ4v) is 6.57. The molecule has 0 spiro atoms. The van der Waals surface area contributed by atoms with Gasteiger partial charge in [-0.05, 0) is 30.6 Å². The average molecular weight is 387 g/mol. The lowest BCUT2D eigenvalue weighted by atomic mass is 9.95. The van der Waals surface area contributed by atoms with Gasteiger partial charge in [0, 0.05) is 16.0 Å². The minimum Gasteiger partial charge on any atom is -0.365 e. The van der Waals surface area contributed by atoms with Crippen LogP contribution in [0.5, 0.6) is 0 Å². The first kappa shape index (κ1) is 16.8. The molecule has 2 aromatic heterocycles. The number of amides is 1. The summed E-state index contributed by atoms with van der Waals surface area (Å²) in [5.74, 6) is 0.724. The van der Waals surface area contributed by atoms with Gasteiger partial charge in [-0.15, -0.1) is 34.4 Å². The molecule has 1 aliphatic carbocycles. The number of aromatic nitrogens is 1. The zero-order valence-corrected chi connectivity index (χ0v) is 16.3. The Hall–Kier alpha value is -1.63. The summed E-state index contributed by atoms with van der Waals surface area (Å²) >= 11 is 5.13. The van der Waals surface area contributed by atoms with Crippen molar-refractivity contribution in [2.24, 2.45) is 5.73 Å². The Morgan fingerprint density at radius 3 is 2.76 bits per heavy atom. The standard InChI is InChI=1S/C19H18N2OS3/c1-2-10-23-19-14-12(16(25-19)17(20)22)8-9-13-15(14)21-18(24-13)11-6-4-3-5-7-11/h3-7H,2,8-10H2,1H3,(H2,20,22). The largest absolute Gasteiger partial charge is 0.365 e. The molecular weight excluding hydrogens is 368 g/mol. The minimum absolute atomic E-state index is 0.313. The lowest BCUT2D eigenvalue weighted by molar-refractivity contribution is 0.100. The minimum atomic E-state index is -0.313. The average Bonchev–Trinajstić information content (AvgIpc) is 3.22. The van der Waals surface area contributed by atoms with E-state index >= 15 is 0 Å². The first-order valence-corrected chi connectivity index (χ1v) is 10.9. The van der Waals surface area contributed by atoms with Gasteiger partial charge in [-0.1, -0.05) is 37.3 Å². The van der Waals surface area contributed by atoms with Crippen molar-refractivity contribution in [3.05, 3.63) is 45.6 Å². The van der Waals surface area contributed by atoms with Crippen LogP contribution in [0.1, 0.15) is 33.5 Å². The third-order valence-electron chi connectivity index (χ3n) is 4.19. The first-order chi connectivity index (χ1) is 12.2. The molecule has 0 atom stereocenters. The van der Waals surface area contributed by atoms with Gasteiger partial charge in [-0.2, -0.15) is 0 Å².